The first-order chi connectivity index (χ1) is 21.4. The van der Waals surface area contributed by atoms with Crippen LogP contribution in [0.4, 0.5) is 4.79 Å². The molecule has 0 rings (SSSR count). The normalized spacial score (nSPS) is 12.0. The molecule has 9 heteroatoms. The fourth-order valence-electron chi connectivity index (χ4n) is 5.24. The molecule has 0 radical (unpaired) electrons. The van der Waals surface area contributed by atoms with Crippen LogP contribution in [-0.2, 0) is 23.8 Å². The summed E-state index contributed by atoms with van der Waals surface area (Å²) < 4.78 is 16.8. The van der Waals surface area contributed by atoms with Gasteiger partial charge in [0.25, 0.3) is 0 Å². The Hall–Kier alpha value is -1.87. The summed E-state index contributed by atoms with van der Waals surface area (Å²) in [4.78, 5) is 40.0. The molecule has 0 fully saturated rings. The summed E-state index contributed by atoms with van der Waals surface area (Å²) in [7, 11) is 0. The molecule has 0 aliphatic heterocycles. The molecule has 9 nitrogen and oxygen atoms in total. The number of hydrogen-bond acceptors (Lipinski definition) is 8. The van der Waals surface area contributed by atoms with Gasteiger partial charge in [-0.2, -0.15) is 0 Å². The van der Waals surface area contributed by atoms with Crippen molar-refractivity contribution in [1.82, 2.24) is 9.80 Å². The molecule has 1 atom stereocenters. The summed E-state index contributed by atoms with van der Waals surface area (Å²) in [6.45, 7) is 14.1. The van der Waals surface area contributed by atoms with E-state index in [1.54, 1.807) is 0 Å². The molecule has 1 N–H and O–H groups in total. The Morgan fingerprint density at radius 1 is 0.568 bits per heavy atom. The smallest absolute Gasteiger partial charge is 0.481 e. The van der Waals surface area contributed by atoms with E-state index in [2.05, 4.69) is 37.5 Å². The average Bonchev–Trinajstić information content (AvgIpc) is 3.00. The average molecular weight is 629 g/mol. The van der Waals surface area contributed by atoms with Crippen molar-refractivity contribution in [3.63, 3.8) is 0 Å². The van der Waals surface area contributed by atoms with Crippen LogP contribution in [-0.4, -0.2) is 91.6 Å². The van der Waals surface area contributed by atoms with E-state index in [1.165, 1.54) is 32.1 Å². The number of carboxylic acid groups (broad SMARTS) is 1. The zero-order valence-electron chi connectivity index (χ0n) is 29.0. The van der Waals surface area contributed by atoms with Crippen LogP contribution >= 0.6 is 0 Å². The Bertz CT molecular complexity index is 688. The fraction of sp³-hybridized carbons (Fsp3) is 0.914. The first-order valence-corrected chi connectivity index (χ1v) is 18.0. The van der Waals surface area contributed by atoms with Gasteiger partial charge in [0.05, 0.1) is 0 Å². The van der Waals surface area contributed by atoms with Gasteiger partial charge in [0, 0.05) is 39.0 Å². The molecule has 0 aromatic heterocycles. The quantitative estimate of drug-likeness (QED) is 0.0582. The third kappa shape index (κ3) is 27.7. The summed E-state index contributed by atoms with van der Waals surface area (Å²) in [6.07, 6.45) is 17.6. The van der Waals surface area contributed by atoms with E-state index >= 15 is 0 Å². The Kier molecular flexibility index (Phi) is 29.8. The number of hydrogen-bond donors (Lipinski definition) is 1. The van der Waals surface area contributed by atoms with Crippen LogP contribution in [0, 0.1) is 0 Å². The second-order valence-corrected chi connectivity index (χ2v) is 12.0. The summed E-state index contributed by atoms with van der Waals surface area (Å²) in [6, 6.07) is 0. The van der Waals surface area contributed by atoms with Crippen molar-refractivity contribution in [3.8, 4) is 0 Å². The number of rotatable bonds is 32. The van der Waals surface area contributed by atoms with Crippen molar-refractivity contribution in [2.45, 2.75) is 156 Å². The minimum absolute atomic E-state index is 0.131. The lowest BCUT2D eigenvalue weighted by atomic mass is 10.0. The van der Waals surface area contributed by atoms with Gasteiger partial charge in [0.15, 0.2) is 0 Å². The third-order valence-electron chi connectivity index (χ3n) is 8.22. The van der Waals surface area contributed by atoms with Crippen molar-refractivity contribution in [2.75, 3.05) is 52.5 Å². The van der Waals surface area contributed by atoms with Crippen LogP contribution in [0.3, 0.4) is 0 Å². The Labute approximate surface area is 269 Å². The molecule has 44 heavy (non-hydrogen) atoms. The predicted molar refractivity (Wildman–Crippen MR) is 178 cm³/mol. The van der Waals surface area contributed by atoms with Crippen LogP contribution in [0.1, 0.15) is 150 Å². The van der Waals surface area contributed by atoms with E-state index in [1.807, 2.05) is 0 Å². The van der Waals surface area contributed by atoms with E-state index in [4.69, 9.17) is 19.3 Å². The Balaban J connectivity index is 4.61. The van der Waals surface area contributed by atoms with E-state index < -0.39 is 12.1 Å². The molecule has 260 valence electrons. The van der Waals surface area contributed by atoms with Gasteiger partial charge in [0.2, 0.25) is 0 Å². The minimum atomic E-state index is -0.725. The van der Waals surface area contributed by atoms with Gasteiger partial charge in [-0.1, -0.05) is 98.3 Å². The molecule has 0 bridgehead atoms. The van der Waals surface area contributed by atoms with Crippen LogP contribution in [0.2, 0.25) is 0 Å². The highest BCUT2D eigenvalue weighted by Crippen LogP contribution is 2.17. The van der Waals surface area contributed by atoms with Crippen molar-refractivity contribution in [3.05, 3.63) is 0 Å². The molecule has 0 aliphatic carbocycles. The summed E-state index contributed by atoms with van der Waals surface area (Å²) in [5.74, 6) is -0.857. The highest BCUT2D eigenvalue weighted by atomic mass is 16.7. The Morgan fingerprint density at radius 3 is 1.61 bits per heavy atom. The maximum atomic E-state index is 12.6. The number of esters is 1. The van der Waals surface area contributed by atoms with Crippen LogP contribution in [0.15, 0.2) is 0 Å². The monoisotopic (exact) mass is 629 g/mol. The lowest BCUT2D eigenvalue weighted by Crippen LogP contribution is -2.39. The first-order valence-electron chi connectivity index (χ1n) is 18.0. The van der Waals surface area contributed by atoms with Gasteiger partial charge in [0.1, 0.15) is 19.3 Å². The standard InChI is InChI=1S/C35H68N2O7/c1-5-9-11-15-21-25-34(40)42-30-28-37(27-26-36(7-3)8-4)29-31-43-35(41)44-32(22-18-12-10-6-2)23-19-16-13-14-17-20-24-33(38)39/h32H,5-31H2,1-4H3,(H,38,39). The molecular formula is C35H68N2O7. The molecule has 0 amide bonds. The molecular weight excluding hydrogens is 560 g/mol. The second-order valence-electron chi connectivity index (χ2n) is 12.0. The van der Waals surface area contributed by atoms with Crippen LogP contribution < -0.4 is 0 Å². The van der Waals surface area contributed by atoms with Gasteiger partial charge < -0.3 is 24.2 Å². The number of unbranched alkanes of at least 4 members (excludes halogenated alkanes) is 12. The lowest BCUT2D eigenvalue weighted by Gasteiger charge is -2.26. The SMILES string of the molecule is CCCCCCCC(=O)OCCN(CCOC(=O)OC(CCCCCC)CCCCCCCCC(=O)O)CCN(CC)CC. The summed E-state index contributed by atoms with van der Waals surface area (Å²) in [5.41, 5.74) is 0. The number of likely N-dealkylation sites (N-methyl/N-ethyl adjacent to an activating group) is 1. The minimum Gasteiger partial charge on any atom is -0.481 e. The van der Waals surface area contributed by atoms with E-state index in [-0.39, 0.29) is 25.1 Å². The van der Waals surface area contributed by atoms with Gasteiger partial charge in [-0.15, -0.1) is 0 Å². The van der Waals surface area contributed by atoms with Crippen LogP contribution in [0.25, 0.3) is 0 Å². The number of carboxylic acids is 1. The molecule has 0 saturated heterocycles. The first kappa shape index (κ1) is 42.1. The second kappa shape index (κ2) is 31.1. The maximum Gasteiger partial charge on any atom is 0.508 e. The van der Waals surface area contributed by atoms with Gasteiger partial charge >= 0.3 is 18.1 Å². The molecule has 0 saturated carbocycles. The van der Waals surface area contributed by atoms with Crippen molar-refractivity contribution < 1.29 is 33.7 Å². The van der Waals surface area contributed by atoms with Gasteiger partial charge in [-0.3, -0.25) is 14.5 Å². The van der Waals surface area contributed by atoms with E-state index in [0.717, 1.165) is 103 Å². The van der Waals surface area contributed by atoms with Crippen molar-refractivity contribution in [1.29, 1.82) is 0 Å². The molecule has 1 unspecified atom stereocenters. The van der Waals surface area contributed by atoms with E-state index in [9.17, 15) is 14.4 Å². The lowest BCUT2D eigenvalue weighted by molar-refractivity contribution is -0.144. The topological polar surface area (TPSA) is 106 Å². The van der Waals surface area contributed by atoms with Gasteiger partial charge in [-0.25, -0.2) is 4.79 Å². The number of carbonyl (C=O) groups is 3. The largest absolute Gasteiger partial charge is 0.508 e. The zero-order valence-corrected chi connectivity index (χ0v) is 29.0. The molecule has 0 heterocycles. The summed E-state index contributed by atoms with van der Waals surface area (Å²) in [5, 5.41) is 8.76. The van der Waals surface area contributed by atoms with Crippen LogP contribution in [0.5, 0.6) is 0 Å². The number of nitrogens with zero attached hydrogens (tertiary/aromatic N) is 2. The van der Waals surface area contributed by atoms with Crippen molar-refractivity contribution >= 4 is 18.1 Å². The van der Waals surface area contributed by atoms with E-state index in [0.29, 0.717) is 26.1 Å². The number of carbonyl (C=O) groups excluding carboxylic acids is 2. The summed E-state index contributed by atoms with van der Waals surface area (Å²) >= 11 is 0. The maximum absolute atomic E-state index is 12.6. The molecule has 0 aromatic carbocycles. The number of aliphatic carboxylic acids is 1. The predicted octanol–water partition coefficient (Wildman–Crippen LogP) is 8.23. The number of ether oxygens (including phenoxy) is 3. The fourth-order valence-corrected chi connectivity index (χ4v) is 5.24. The van der Waals surface area contributed by atoms with Gasteiger partial charge in [-0.05, 0) is 51.6 Å². The zero-order chi connectivity index (χ0) is 32.7. The van der Waals surface area contributed by atoms with Crippen molar-refractivity contribution in [2.24, 2.45) is 0 Å². The molecule has 0 aromatic rings. The molecule has 0 spiro atoms. The Morgan fingerprint density at radius 2 is 1.05 bits per heavy atom. The molecule has 0 aliphatic rings. The highest BCUT2D eigenvalue weighted by Gasteiger charge is 2.17. The highest BCUT2D eigenvalue weighted by molar-refractivity contribution is 5.69. The third-order valence-corrected chi connectivity index (χ3v) is 8.22.